The molecule has 1 atom stereocenters. The maximum Gasteiger partial charge on any atom is 0.253 e. The van der Waals surface area contributed by atoms with Crippen molar-refractivity contribution in [1.82, 2.24) is 10.2 Å². The summed E-state index contributed by atoms with van der Waals surface area (Å²) in [6.45, 7) is 2.72. The van der Waals surface area contributed by atoms with Crippen LogP contribution < -0.4 is 10.2 Å². The number of hydrogen-bond donors (Lipinski definition) is 1. The van der Waals surface area contributed by atoms with E-state index < -0.39 is 0 Å². The van der Waals surface area contributed by atoms with Gasteiger partial charge in [-0.05, 0) is 50.3 Å². The molecule has 29 heavy (non-hydrogen) atoms. The van der Waals surface area contributed by atoms with E-state index in [4.69, 9.17) is 4.74 Å². The monoisotopic (exact) mass is 417 g/mol. The van der Waals surface area contributed by atoms with Crippen LogP contribution in [0.2, 0.25) is 0 Å². The molecule has 8 heteroatoms. The van der Waals surface area contributed by atoms with Crippen LogP contribution in [0.1, 0.15) is 42.5 Å². The Morgan fingerprint density at radius 1 is 1.17 bits per heavy atom. The molecule has 2 fully saturated rings. The fraction of sp³-hybridized carbons (Fsp3) is 0.571. The van der Waals surface area contributed by atoms with Crippen LogP contribution in [0.15, 0.2) is 23.1 Å². The number of likely N-dealkylation sites (tertiary alicyclic amines) is 1. The maximum absolute atomic E-state index is 12.9. The third kappa shape index (κ3) is 4.75. The Labute approximate surface area is 175 Å². The zero-order chi connectivity index (χ0) is 20.2. The second-order valence-corrected chi connectivity index (χ2v) is 8.76. The normalized spacial score (nSPS) is 21.8. The lowest BCUT2D eigenvalue weighted by molar-refractivity contribution is -0.123. The van der Waals surface area contributed by atoms with Crippen LogP contribution in [0.5, 0.6) is 0 Å². The largest absolute Gasteiger partial charge is 0.376 e. The second kappa shape index (κ2) is 9.17. The number of piperidine rings is 1. The van der Waals surface area contributed by atoms with E-state index in [0.717, 1.165) is 56.7 Å². The quantitative estimate of drug-likeness (QED) is 0.793. The van der Waals surface area contributed by atoms with Gasteiger partial charge in [0.2, 0.25) is 11.8 Å². The van der Waals surface area contributed by atoms with Gasteiger partial charge >= 0.3 is 0 Å². The summed E-state index contributed by atoms with van der Waals surface area (Å²) in [6, 6.07) is 5.48. The summed E-state index contributed by atoms with van der Waals surface area (Å²) in [5, 5.41) is 2.87. The van der Waals surface area contributed by atoms with E-state index in [2.05, 4.69) is 5.32 Å². The smallest absolute Gasteiger partial charge is 0.253 e. The number of ether oxygens (including phenoxy) is 1. The van der Waals surface area contributed by atoms with Crippen molar-refractivity contribution in [1.29, 1.82) is 0 Å². The number of amides is 3. The van der Waals surface area contributed by atoms with Gasteiger partial charge in [0.25, 0.3) is 5.91 Å². The molecule has 3 aliphatic rings. The third-order valence-electron chi connectivity index (χ3n) is 5.64. The van der Waals surface area contributed by atoms with E-state index in [1.54, 1.807) is 6.07 Å². The summed E-state index contributed by atoms with van der Waals surface area (Å²) >= 11 is 1.45. The molecule has 1 N–H and O–H groups in total. The van der Waals surface area contributed by atoms with Gasteiger partial charge in [-0.1, -0.05) is 0 Å². The van der Waals surface area contributed by atoms with Gasteiger partial charge in [-0.3, -0.25) is 14.4 Å². The molecule has 0 aliphatic carbocycles. The topological polar surface area (TPSA) is 79.0 Å². The molecule has 0 radical (unpaired) electrons. The fourth-order valence-electron chi connectivity index (χ4n) is 4.02. The van der Waals surface area contributed by atoms with Crippen LogP contribution in [0.25, 0.3) is 0 Å². The highest BCUT2D eigenvalue weighted by Gasteiger charge is 2.29. The lowest BCUT2D eigenvalue weighted by atomic mass is 10.1. The van der Waals surface area contributed by atoms with Gasteiger partial charge in [0, 0.05) is 36.7 Å². The minimum atomic E-state index is -0.209. The summed E-state index contributed by atoms with van der Waals surface area (Å²) in [6.07, 6.45) is 5.25. The number of benzene rings is 1. The molecule has 4 rings (SSSR count). The molecule has 0 bridgehead atoms. The van der Waals surface area contributed by atoms with Gasteiger partial charge in [-0.15, -0.1) is 11.8 Å². The first kappa shape index (κ1) is 20.2. The number of rotatable bonds is 5. The van der Waals surface area contributed by atoms with Crippen LogP contribution in [0.3, 0.4) is 0 Å². The molecule has 156 valence electrons. The Hall–Kier alpha value is -2.06. The van der Waals surface area contributed by atoms with E-state index in [0.29, 0.717) is 23.5 Å². The van der Waals surface area contributed by atoms with E-state index >= 15 is 0 Å². The van der Waals surface area contributed by atoms with E-state index in [9.17, 15) is 14.4 Å². The summed E-state index contributed by atoms with van der Waals surface area (Å²) in [7, 11) is 0. The van der Waals surface area contributed by atoms with Crippen molar-refractivity contribution < 1.29 is 19.1 Å². The molecule has 3 heterocycles. The molecule has 1 aromatic carbocycles. The standard InChI is InChI=1S/C21H27N3O4S/c25-19(22-12-16-5-4-10-28-16)13-24-17-11-15(6-7-18(17)29-14-20(24)26)21(27)23-8-2-1-3-9-23/h6-7,11,16H,1-5,8-10,12-14H2,(H,22,25). The molecule has 3 amide bonds. The van der Waals surface area contributed by atoms with Crippen LogP contribution in [-0.2, 0) is 14.3 Å². The van der Waals surface area contributed by atoms with Crippen molar-refractivity contribution in [2.24, 2.45) is 0 Å². The zero-order valence-electron chi connectivity index (χ0n) is 16.5. The Bertz CT molecular complexity index is 788. The third-order valence-corrected chi connectivity index (χ3v) is 6.69. The summed E-state index contributed by atoms with van der Waals surface area (Å²) in [4.78, 5) is 42.2. The second-order valence-electron chi connectivity index (χ2n) is 7.74. The minimum Gasteiger partial charge on any atom is -0.376 e. The zero-order valence-corrected chi connectivity index (χ0v) is 17.3. The number of carbonyl (C=O) groups excluding carboxylic acids is 3. The first-order chi connectivity index (χ1) is 14.1. The molecule has 1 aromatic rings. The van der Waals surface area contributed by atoms with Crippen molar-refractivity contribution in [3.8, 4) is 0 Å². The van der Waals surface area contributed by atoms with Gasteiger partial charge in [0.05, 0.1) is 17.5 Å². The van der Waals surface area contributed by atoms with Crippen LogP contribution in [0, 0.1) is 0 Å². The summed E-state index contributed by atoms with van der Waals surface area (Å²) < 4.78 is 5.53. The Kier molecular flexibility index (Phi) is 6.40. The van der Waals surface area contributed by atoms with Crippen molar-refractivity contribution >= 4 is 35.2 Å². The SMILES string of the molecule is O=C(CN1C(=O)CSc2ccc(C(=O)N3CCCCC3)cc21)NCC1CCCO1. The Balaban J connectivity index is 1.46. The number of nitrogens with zero attached hydrogens (tertiary/aromatic N) is 2. The number of carbonyl (C=O) groups is 3. The van der Waals surface area contributed by atoms with Gasteiger partial charge in [-0.2, -0.15) is 0 Å². The first-order valence-electron chi connectivity index (χ1n) is 10.4. The number of hydrogen-bond acceptors (Lipinski definition) is 5. The van der Waals surface area contributed by atoms with Gasteiger partial charge < -0.3 is 19.9 Å². The maximum atomic E-state index is 12.9. The molecule has 0 spiro atoms. The molecule has 3 aliphatic heterocycles. The molecule has 0 saturated carbocycles. The summed E-state index contributed by atoms with van der Waals surface area (Å²) in [5.41, 5.74) is 1.23. The lowest BCUT2D eigenvalue weighted by Crippen LogP contribution is -2.45. The Morgan fingerprint density at radius 2 is 2.00 bits per heavy atom. The molecule has 0 aromatic heterocycles. The van der Waals surface area contributed by atoms with Crippen molar-refractivity contribution in [3.05, 3.63) is 23.8 Å². The Morgan fingerprint density at radius 3 is 2.76 bits per heavy atom. The molecule has 1 unspecified atom stereocenters. The van der Waals surface area contributed by atoms with Crippen molar-refractivity contribution in [2.45, 2.75) is 43.1 Å². The highest BCUT2D eigenvalue weighted by molar-refractivity contribution is 8.00. The van der Waals surface area contributed by atoms with E-state index in [1.165, 1.54) is 16.7 Å². The van der Waals surface area contributed by atoms with Crippen LogP contribution in [0.4, 0.5) is 5.69 Å². The summed E-state index contributed by atoms with van der Waals surface area (Å²) in [5.74, 6) is -0.0269. The lowest BCUT2D eigenvalue weighted by Gasteiger charge is -2.30. The van der Waals surface area contributed by atoms with Crippen LogP contribution in [-0.4, -0.2) is 67.3 Å². The molecular formula is C21H27N3O4S. The number of nitrogens with one attached hydrogen (secondary N) is 1. The average molecular weight is 418 g/mol. The highest BCUT2D eigenvalue weighted by Crippen LogP contribution is 2.36. The number of thioether (sulfide) groups is 1. The fourth-order valence-corrected chi connectivity index (χ4v) is 4.94. The number of fused-ring (bicyclic) bond motifs is 1. The van der Waals surface area contributed by atoms with Crippen LogP contribution >= 0.6 is 11.8 Å². The van der Waals surface area contributed by atoms with Gasteiger partial charge in [-0.25, -0.2) is 0 Å². The average Bonchev–Trinajstić information content (AvgIpc) is 3.28. The van der Waals surface area contributed by atoms with Crippen molar-refractivity contribution in [3.63, 3.8) is 0 Å². The minimum absolute atomic E-state index is 0.00157. The van der Waals surface area contributed by atoms with Crippen molar-refractivity contribution in [2.75, 3.05) is 43.4 Å². The predicted molar refractivity (Wildman–Crippen MR) is 111 cm³/mol. The number of anilines is 1. The van der Waals surface area contributed by atoms with E-state index in [-0.39, 0.29) is 30.4 Å². The molecule has 7 nitrogen and oxygen atoms in total. The molecule has 2 saturated heterocycles. The first-order valence-corrected chi connectivity index (χ1v) is 11.3. The van der Waals surface area contributed by atoms with Gasteiger partial charge in [0.1, 0.15) is 6.54 Å². The highest BCUT2D eigenvalue weighted by atomic mass is 32.2. The van der Waals surface area contributed by atoms with E-state index in [1.807, 2.05) is 17.0 Å². The predicted octanol–water partition coefficient (Wildman–Crippen LogP) is 2.05. The molecular weight excluding hydrogens is 390 g/mol. The van der Waals surface area contributed by atoms with Gasteiger partial charge in [0.15, 0.2) is 0 Å².